The van der Waals surface area contributed by atoms with Gasteiger partial charge in [0.1, 0.15) is 12.0 Å². The maximum Gasteiger partial charge on any atom is 0.272 e. The largest absolute Gasteiger partial charge is 0.340 e. The van der Waals surface area contributed by atoms with Crippen LogP contribution in [0.4, 0.5) is 5.69 Å². The average Bonchev–Trinajstić information content (AvgIpc) is 3.02. The highest BCUT2D eigenvalue weighted by Gasteiger charge is 2.30. The summed E-state index contributed by atoms with van der Waals surface area (Å²) in [6.45, 7) is 6.94. The third kappa shape index (κ3) is 3.07. The molecule has 3 rings (SSSR count). The van der Waals surface area contributed by atoms with Gasteiger partial charge < -0.3 is 9.69 Å². The molecule has 1 amide bonds. The van der Waals surface area contributed by atoms with Crippen LogP contribution in [0.25, 0.3) is 5.57 Å². The molecule has 0 radical (unpaired) electrons. The van der Waals surface area contributed by atoms with Gasteiger partial charge in [-0.15, -0.1) is 0 Å². The Bertz CT molecular complexity index is 810. The first kappa shape index (κ1) is 16.3. The molecule has 0 bridgehead atoms. The quantitative estimate of drug-likeness (QED) is 0.800. The van der Waals surface area contributed by atoms with Crippen LogP contribution in [0.2, 0.25) is 0 Å². The number of aldehydes is 1. The number of hydrogen-bond acceptors (Lipinski definition) is 4. The van der Waals surface area contributed by atoms with E-state index in [2.05, 4.69) is 30.8 Å². The molecule has 0 aromatic heterocycles. The summed E-state index contributed by atoms with van der Waals surface area (Å²) in [7, 11) is 1.80. The molecule has 1 aromatic carbocycles. The molecule has 0 atom stereocenters. The van der Waals surface area contributed by atoms with E-state index in [4.69, 9.17) is 0 Å². The summed E-state index contributed by atoms with van der Waals surface area (Å²) in [6.07, 6.45) is 3.07. The standard InChI is InChI=1S/C19H21N3O2/c1-19(2,3)11-22(4)18(24)16-10-14-13-6-5-12(7-8-23)9-15(13)20-17(14)21-16/h5-6,8-10H,7,11H2,1-4H3. The Morgan fingerprint density at radius 2 is 2.00 bits per heavy atom. The van der Waals surface area contributed by atoms with Crippen LogP contribution in [0, 0.1) is 5.41 Å². The van der Waals surface area contributed by atoms with Crippen LogP contribution >= 0.6 is 0 Å². The van der Waals surface area contributed by atoms with Crippen LogP contribution in [0.3, 0.4) is 0 Å². The Morgan fingerprint density at radius 1 is 1.25 bits per heavy atom. The summed E-state index contributed by atoms with van der Waals surface area (Å²) >= 11 is 0. The fourth-order valence-electron chi connectivity index (χ4n) is 3.01. The van der Waals surface area contributed by atoms with Gasteiger partial charge in [0.2, 0.25) is 0 Å². The summed E-state index contributed by atoms with van der Waals surface area (Å²) in [6, 6.07) is 5.76. The van der Waals surface area contributed by atoms with Gasteiger partial charge in [0.15, 0.2) is 5.84 Å². The van der Waals surface area contributed by atoms with Crippen molar-refractivity contribution in [1.82, 2.24) is 4.90 Å². The van der Waals surface area contributed by atoms with E-state index in [0.29, 0.717) is 24.5 Å². The lowest BCUT2D eigenvalue weighted by molar-refractivity contribution is -0.123. The number of amides is 1. The van der Waals surface area contributed by atoms with E-state index in [0.717, 1.165) is 28.7 Å². The summed E-state index contributed by atoms with van der Waals surface area (Å²) in [5, 5.41) is 0. The highest BCUT2D eigenvalue weighted by atomic mass is 16.2. The first-order valence-electron chi connectivity index (χ1n) is 8.00. The van der Waals surface area contributed by atoms with Crippen molar-refractivity contribution in [3.8, 4) is 0 Å². The van der Waals surface area contributed by atoms with Crippen LogP contribution < -0.4 is 0 Å². The van der Waals surface area contributed by atoms with Crippen LogP contribution in [0.15, 0.2) is 34.3 Å². The predicted octanol–water partition coefficient (Wildman–Crippen LogP) is 2.81. The van der Waals surface area contributed by atoms with E-state index < -0.39 is 0 Å². The number of carbonyl (C=O) groups is 2. The molecular formula is C19H21N3O2. The van der Waals surface area contributed by atoms with E-state index in [-0.39, 0.29) is 11.3 Å². The first-order valence-corrected chi connectivity index (χ1v) is 8.00. The summed E-state index contributed by atoms with van der Waals surface area (Å²) < 4.78 is 0. The smallest absolute Gasteiger partial charge is 0.272 e. The number of amidine groups is 1. The van der Waals surface area contributed by atoms with Crippen LogP contribution in [0.5, 0.6) is 0 Å². The lowest BCUT2D eigenvalue weighted by Gasteiger charge is -2.26. The average molecular weight is 323 g/mol. The molecule has 5 nitrogen and oxygen atoms in total. The first-order chi connectivity index (χ1) is 11.3. The number of carbonyl (C=O) groups excluding carboxylic acids is 2. The maximum absolute atomic E-state index is 12.6. The van der Waals surface area contributed by atoms with Gasteiger partial charge in [-0.1, -0.05) is 32.9 Å². The second kappa shape index (κ2) is 5.82. The molecule has 0 N–H and O–H groups in total. The summed E-state index contributed by atoms with van der Waals surface area (Å²) in [4.78, 5) is 33.8. The number of benzene rings is 1. The SMILES string of the molecule is CN(CC(C)(C)C)C(=O)C1=NC2=Nc3cc(CC=O)ccc3C2=C1. The van der Waals surface area contributed by atoms with Gasteiger partial charge in [-0.3, -0.25) is 4.79 Å². The number of aliphatic imine (C=N–C) groups is 2. The maximum atomic E-state index is 12.6. The molecule has 0 unspecified atom stereocenters. The lowest BCUT2D eigenvalue weighted by Crippen LogP contribution is -2.38. The number of fused-ring (bicyclic) bond motifs is 3. The van der Waals surface area contributed by atoms with Crippen LogP contribution in [0.1, 0.15) is 31.9 Å². The third-order valence-electron chi connectivity index (χ3n) is 3.92. The van der Waals surface area contributed by atoms with Gasteiger partial charge in [-0.05, 0) is 23.1 Å². The second-order valence-corrected chi connectivity index (χ2v) is 7.43. The molecule has 2 aliphatic rings. The lowest BCUT2D eigenvalue weighted by atomic mass is 9.96. The van der Waals surface area contributed by atoms with Crippen molar-refractivity contribution in [2.24, 2.45) is 15.4 Å². The molecule has 5 heteroatoms. The number of nitrogens with zero attached hydrogens (tertiary/aromatic N) is 3. The van der Waals surface area contributed by atoms with Crippen LogP contribution in [-0.4, -0.2) is 42.2 Å². The van der Waals surface area contributed by atoms with E-state index >= 15 is 0 Å². The number of hydrogen-bond donors (Lipinski definition) is 0. The van der Waals surface area contributed by atoms with Crippen molar-refractivity contribution in [2.75, 3.05) is 13.6 Å². The zero-order chi connectivity index (χ0) is 17.5. The van der Waals surface area contributed by atoms with Gasteiger partial charge in [0.25, 0.3) is 5.91 Å². The minimum absolute atomic E-state index is 0.0334. The Hall–Kier alpha value is -2.56. The van der Waals surface area contributed by atoms with Crippen LogP contribution in [-0.2, 0) is 16.0 Å². The molecule has 0 saturated heterocycles. The molecule has 2 aliphatic heterocycles. The molecule has 124 valence electrons. The van der Waals surface area contributed by atoms with Crippen molar-refractivity contribution in [2.45, 2.75) is 27.2 Å². The monoisotopic (exact) mass is 323 g/mol. The molecule has 0 fully saturated rings. The van der Waals surface area contributed by atoms with Crippen molar-refractivity contribution in [1.29, 1.82) is 0 Å². The van der Waals surface area contributed by atoms with Gasteiger partial charge in [0.05, 0.1) is 5.69 Å². The topological polar surface area (TPSA) is 62.1 Å². The minimum atomic E-state index is -0.0892. The van der Waals surface area contributed by atoms with Gasteiger partial charge >= 0.3 is 0 Å². The van der Waals surface area contributed by atoms with Crippen molar-refractivity contribution >= 4 is 35.0 Å². The zero-order valence-corrected chi connectivity index (χ0v) is 14.5. The van der Waals surface area contributed by atoms with E-state index in [1.165, 1.54) is 0 Å². The molecular weight excluding hydrogens is 302 g/mol. The molecule has 24 heavy (non-hydrogen) atoms. The molecule has 0 saturated carbocycles. The fraction of sp³-hybridized carbons (Fsp3) is 0.368. The molecule has 2 heterocycles. The van der Waals surface area contributed by atoms with Crippen molar-refractivity contribution in [3.63, 3.8) is 0 Å². The third-order valence-corrected chi connectivity index (χ3v) is 3.92. The van der Waals surface area contributed by atoms with E-state index in [9.17, 15) is 9.59 Å². The molecule has 1 aromatic rings. The van der Waals surface area contributed by atoms with Crippen molar-refractivity contribution in [3.05, 3.63) is 35.4 Å². The van der Waals surface area contributed by atoms with Gasteiger partial charge in [0, 0.05) is 31.1 Å². The number of rotatable bonds is 4. The summed E-state index contributed by atoms with van der Waals surface area (Å²) in [5.41, 5.74) is 4.05. The Labute approximate surface area is 141 Å². The van der Waals surface area contributed by atoms with E-state index in [1.807, 2.05) is 24.3 Å². The normalized spacial score (nSPS) is 15.2. The van der Waals surface area contributed by atoms with Gasteiger partial charge in [-0.2, -0.15) is 0 Å². The highest BCUT2D eigenvalue weighted by Crippen LogP contribution is 2.38. The Kier molecular flexibility index (Phi) is 3.95. The fourth-order valence-corrected chi connectivity index (χ4v) is 3.01. The molecule has 0 spiro atoms. The van der Waals surface area contributed by atoms with E-state index in [1.54, 1.807) is 11.9 Å². The van der Waals surface area contributed by atoms with Gasteiger partial charge in [-0.25, -0.2) is 9.98 Å². The highest BCUT2D eigenvalue weighted by molar-refractivity contribution is 6.53. The molecule has 0 aliphatic carbocycles. The van der Waals surface area contributed by atoms with Crippen molar-refractivity contribution < 1.29 is 9.59 Å². The Morgan fingerprint density at radius 3 is 2.67 bits per heavy atom. The summed E-state index contributed by atoms with van der Waals surface area (Å²) in [5.74, 6) is 0.495. The Balaban J connectivity index is 1.83. The predicted molar refractivity (Wildman–Crippen MR) is 95.8 cm³/mol. The minimum Gasteiger partial charge on any atom is -0.340 e. The zero-order valence-electron chi connectivity index (χ0n) is 14.5. The second-order valence-electron chi connectivity index (χ2n) is 7.43.